The van der Waals surface area contributed by atoms with E-state index in [9.17, 15) is 0 Å². The quantitative estimate of drug-likeness (QED) is 0.789. The second-order valence-corrected chi connectivity index (χ2v) is 5.36. The Labute approximate surface area is 107 Å². The van der Waals surface area contributed by atoms with Gasteiger partial charge in [-0.25, -0.2) is 0 Å². The van der Waals surface area contributed by atoms with Crippen LogP contribution in [-0.4, -0.2) is 49.6 Å². The van der Waals surface area contributed by atoms with E-state index < -0.39 is 0 Å². The Morgan fingerprint density at radius 3 is 3.06 bits per heavy atom. The van der Waals surface area contributed by atoms with Crippen molar-refractivity contribution in [1.82, 2.24) is 15.5 Å². The molecule has 1 atom stereocenters. The molecule has 1 aromatic heterocycles. The maximum absolute atomic E-state index is 5.77. The van der Waals surface area contributed by atoms with Gasteiger partial charge in [-0.3, -0.25) is 0 Å². The third-order valence-corrected chi connectivity index (χ3v) is 3.79. The van der Waals surface area contributed by atoms with Crippen LogP contribution in [0.5, 0.6) is 0 Å². The molecule has 3 rings (SSSR count). The molecule has 2 aliphatic heterocycles. The molecule has 1 aromatic rings. The van der Waals surface area contributed by atoms with Crippen LogP contribution in [0.2, 0.25) is 0 Å². The summed E-state index contributed by atoms with van der Waals surface area (Å²) in [7, 11) is 0. The second-order valence-electron chi connectivity index (χ2n) is 5.36. The van der Waals surface area contributed by atoms with Crippen molar-refractivity contribution in [3.8, 4) is 0 Å². The topological polar surface area (TPSA) is 63.4 Å². The van der Waals surface area contributed by atoms with Gasteiger partial charge in [0.15, 0.2) is 0 Å². The maximum Gasteiger partial charge on any atom is 0.318 e. The Morgan fingerprint density at radius 1 is 1.39 bits per heavy atom. The van der Waals surface area contributed by atoms with Gasteiger partial charge >= 0.3 is 6.01 Å². The number of anilines is 1. The lowest BCUT2D eigenvalue weighted by Crippen LogP contribution is -2.49. The van der Waals surface area contributed by atoms with Crippen LogP contribution >= 0.6 is 0 Å². The van der Waals surface area contributed by atoms with Gasteiger partial charge in [-0.05, 0) is 19.4 Å². The Balaban J connectivity index is 1.78. The number of aryl methyl sites for hydroxylation is 1. The van der Waals surface area contributed by atoms with Crippen LogP contribution in [0, 0.1) is 12.3 Å². The average molecular weight is 252 g/mol. The molecule has 0 bridgehead atoms. The van der Waals surface area contributed by atoms with Crippen molar-refractivity contribution in [2.24, 2.45) is 5.41 Å². The molecule has 1 N–H and O–H groups in total. The first-order valence-corrected chi connectivity index (χ1v) is 6.61. The summed E-state index contributed by atoms with van der Waals surface area (Å²) in [6, 6.07) is 0.628. The highest BCUT2D eigenvalue weighted by atomic mass is 16.5. The van der Waals surface area contributed by atoms with E-state index in [0.717, 1.165) is 39.4 Å². The average Bonchev–Trinajstić information content (AvgIpc) is 2.71. The van der Waals surface area contributed by atoms with Crippen molar-refractivity contribution >= 4 is 6.01 Å². The van der Waals surface area contributed by atoms with Crippen molar-refractivity contribution in [2.75, 3.05) is 44.3 Å². The number of piperidine rings is 1. The lowest BCUT2D eigenvalue weighted by atomic mass is 9.81. The predicted octanol–water partition coefficient (Wildman–Crippen LogP) is 0.584. The van der Waals surface area contributed by atoms with E-state index in [1.807, 2.05) is 6.92 Å². The summed E-state index contributed by atoms with van der Waals surface area (Å²) in [6.07, 6.45) is 2.41. The number of nitrogens with one attached hydrogen (secondary N) is 1. The fourth-order valence-corrected chi connectivity index (χ4v) is 2.86. The largest absolute Gasteiger partial charge is 0.408 e. The summed E-state index contributed by atoms with van der Waals surface area (Å²) >= 11 is 0. The van der Waals surface area contributed by atoms with Gasteiger partial charge in [0.25, 0.3) is 0 Å². The fourth-order valence-electron chi connectivity index (χ4n) is 2.86. The number of rotatable bonds is 1. The van der Waals surface area contributed by atoms with E-state index >= 15 is 0 Å². The third-order valence-electron chi connectivity index (χ3n) is 3.79. The highest BCUT2D eigenvalue weighted by molar-refractivity contribution is 5.25. The molecule has 3 heterocycles. The number of nitrogens with zero attached hydrogens (tertiary/aromatic N) is 3. The van der Waals surface area contributed by atoms with E-state index in [4.69, 9.17) is 9.15 Å². The summed E-state index contributed by atoms with van der Waals surface area (Å²) in [4.78, 5) is 2.17. The van der Waals surface area contributed by atoms with E-state index in [1.54, 1.807) is 0 Å². The zero-order valence-electron chi connectivity index (χ0n) is 10.8. The van der Waals surface area contributed by atoms with Gasteiger partial charge in [0.05, 0.1) is 13.2 Å². The van der Waals surface area contributed by atoms with E-state index in [-0.39, 0.29) is 5.41 Å². The highest BCUT2D eigenvalue weighted by Crippen LogP contribution is 2.31. The van der Waals surface area contributed by atoms with Crippen LogP contribution in [0.3, 0.4) is 0 Å². The number of ether oxygens (including phenoxy) is 1. The second kappa shape index (κ2) is 4.85. The smallest absolute Gasteiger partial charge is 0.318 e. The first-order valence-electron chi connectivity index (χ1n) is 6.61. The number of hydrogen-bond acceptors (Lipinski definition) is 6. The molecule has 0 aromatic carbocycles. The molecule has 0 saturated carbocycles. The van der Waals surface area contributed by atoms with Gasteiger partial charge in [-0.1, -0.05) is 5.10 Å². The monoisotopic (exact) mass is 252 g/mol. The molecule has 6 heteroatoms. The van der Waals surface area contributed by atoms with Crippen LogP contribution in [0.4, 0.5) is 6.01 Å². The Morgan fingerprint density at radius 2 is 2.33 bits per heavy atom. The summed E-state index contributed by atoms with van der Waals surface area (Å²) < 4.78 is 11.3. The van der Waals surface area contributed by atoms with E-state index in [2.05, 4.69) is 20.4 Å². The number of aromatic nitrogens is 2. The molecule has 2 aliphatic rings. The summed E-state index contributed by atoms with van der Waals surface area (Å²) in [5.74, 6) is 0.617. The van der Waals surface area contributed by atoms with Crippen LogP contribution in [-0.2, 0) is 4.74 Å². The highest BCUT2D eigenvalue weighted by Gasteiger charge is 2.37. The molecule has 18 heavy (non-hydrogen) atoms. The van der Waals surface area contributed by atoms with Crippen LogP contribution in [0.15, 0.2) is 4.42 Å². The van der Waals surface area contributed by atoms with Crippen molar-refractivity contribution < 1.29 is 9.15 Å². The van der Waals surface area contributed by atoms with Gasteiger partial charge in [-0.15, -0.1) is 5.10 Å². The van der Waals surface area contributed by atoms with Crippen molar-refractivity contribution in [3.05, 3.63) is 5.89 Å². The molecular weight excluding hydrogens is 232 g/mol. The SMILES string of the molecule is Cc1nnc(N2CCOC[C@]3(CCCNC3)C2)o1. The first kappa shape index (κ1) is 11.9. The van der Waals surface area contributed by atoms with Gasteiger partial charge in [0.1, 0.15) is 0 Å². The summed E-state index contributed by atoms with van der Waals surface area (Å²) in [6.45, 7) is 7.25. The molecule has 0 aliphatic carbocycles. The van der Waals surface area contributed by atoms with Crippen LogP contribution in [0.1, 0.15) is 18.7 Å². The van der Waals surface area contributed by atoms with Crippen molar-refractivity contribution in [1.29, 1.82) is 0 Å². The molecule has 6 nitrogen and oxygen atoms in total. The van der Waals surface area contributed by atoms with Crippen molar-refractivity contribution in [2.45, 2.75) is 19.8 Å². The Kier molecular flexibility index (Phi) is 3.22. The first-order chi connectivity index (χ1) is 8.77. The zero-order chi connectivity index (χ0) is 12.4. The summed E-state index contributed by atoms with van der Waals surface area (Å²) in [5.41, 5.74) is 0.192. The van der Waals surface area contributed by atoms with Gasteiger partial charge in [0, 0.05) is 32.0 Å². The molecule has 2 fully saturated rings. The van der Waals surface area contributed by atoms with Gasteiger partial charge in [-0.2, -0.15) is 0 Å². The lowest BCUT2D eigenvalue weighted by molar-refractivity contribution is 0.0536. The van der Waals surface area contributed by atoms with Gasteiger partial charge in [0.2, 0.25) is 5.89 Å². The molecule has 0 unspecified atom stereocenters. The minimum atomic E-state index is 0.192. The predicted molar refractivity (Wildman–Crippen MR) is 66.6 cm³/mol. The minimum Gasteiger partial charge on any atom is -0.408 e. The summed E-state index contributed by atoms with van der Waals surface area (Å²) in [5, 5.41) is 11.5. The molecule has 2 saturated heterocycles. The standard InChI is InChI=1S/C12H20N4O2/c1-10-14-15-11(18-10)16-5-6-17-9-12(8-16)3-2-4-13-7-12/h13H,2-9H2,1H3/t12-/m0/s1. The Hall–Kier alpha value is -1.14. The molecule has 1 spiro atoms. The molecular formula is C12H20N4O2. The van der Waals surface area contributed by atoms with E-state index in [0.29, 0.717) is 11.9 Å². The fraction of sp³-hybridized carbons (Fsp3) is 0.833. The zero-order valence-corrected chi connectivity index (χ0v) is 10.8. The number of hydrogen-bond donors (Lipinski definition) is 1. The lowest BCUT2D eigenvalue weighted by Gasteiger charge is -2.38. The molecule has 0 amide bonds. The van der Waals surface area contributed by atoms with E-state index in [1.165, 1.54) is 12.8 Å². The van der Waals surface area contributed by atoms with Gasteiger partial charge < -0.3 is 19.4 Å². The van der Waals surface area contributed by atoms with Crippen molar-refractivity contribution in [3.63, 3.8) is 0 Å². The molecule has 100 valence electrons. The third kappa shape index (κ3) is 2.35. The maximum atomic E-state index is 5.77. The molecule has 0 radical (unpaired) electrons. The Bertz CT molecular complexity index is 401. The minimum absolute atomic E-state index is 0.192. The van der Waals surface area contributed by atoms with Crippen LogP contribution in [0.25, 0.3) is 0 Å². The van der Waals surface area contributed by atoms with Crippen LogP contribution < -0.4 is 10.2 Å². The normalized spacial score (nSPS) is 29.5.